The van der Waals surface area contributed by atoms with Gasteiger partial charge in [-0.25, -0.2) is 9.97 Å². The molecule has 0 atom stereocenters. The van der Waals surface area contributed by atoms with Crippen LogP contribution in [0.2, 0.25) is 0 Å². The molecule has 1 saturated heterocycles. The summed E-state index contributed by atoms with van der Waals surface area (Å²) in [6.07, 6.45) is 11.3. The maximum Gasteiger partial charge on any atom is 0.212 e. The maximum atomic E-state index is 13.4. The molecule has 9 nitrogen and oxygen atoms in total. The molecule has 0 radical (unpaired) electrons. The average molecular weight is 447 g/mol. The van der Waals surface area contributed by atoms with Gasteiger partial charge in [0.2, 0.25) is 5.95 Å². The van der Waals surface area contributed by atoms with E-state index in [1.165, 1.54) is 18.5 Å². The van der Waals surface area contributed by atoms with Gasteiger partial charge in [-0.15, -0.1) is 0 Å². The van der Waals surface area contributed by atoms with E-state index in [4.69, 9.17) is 20.2 Å². The first kappa shape index (κ1) is 21.2. The number of nitrogens with zero attached hydrogens (tertiary/aromatic N) is 6. The summed E-state index contributed by atoms with van der Waals surface area (Å²) in [5, 5.41) is 14.0. The largest absolute Gasteiger partial charge is 0.403 e. The molecule has 3 aromatic rings. The zero-order valence-corrected chi connectivity index (χ0v) is 17.8. The lowest BCUT2D eigenvalue weighted by molar-refractivity contribution is -0.181. The first-order valence-corrected chi connectivity index (χ1v) is 10.7. The van der Waals surface area contributed by atoms with Crippen molar-refractivity contribution in [3.05, 3.63) is 54.8 Å². The Balaban J connectivity index is 1.44. The van der Waals surface area contributed by atoms with Gasteiger partial charge in [-0.1, -0.05) is 0 Å². The van der Waals surface area contributed by atoms with Crippen LogP contribution in [0.1, 0.15) is 37.4 Å². The SMILES string of the molecule is N#C/C(=C/N)c1ncc(-c2cnn(C3CCC4(CC3)OCCO4)c2)nc1-c1ccc(F)nc1. The predicted octanol–water partition coefficient (Wildman–Crippen LogP) is 3.22. The lowest BCUT2D eigenvalue weighted by atomic mass is 9.90. The van der Waals surface area contributed by atoms with Gasteiger partial charge in [0, 0.05) is 42.6 Å². The van der Waals surface area contributed by atoms with Crippen molar-refractivity contribution in [2.45, 2.75) is 37.5 Å². The van der Waals surface area contributed by atoms with E-state index in [9.17, 15) is 9.65 Å². The van der Waals surface area contributed by atoms with E-state index in [2.05, 4.69) is 15.1 Å². The van der Waals surface area contributed by atoms with Crippen molar-refractivity contribution in [1.29, 1.82) is 5.26 Å². The number of pyridine rings is 1. The van der Waals surface area contributed by atoms with Crippen LogP contribution in [0.25, 0.3) is 28.1 Å². The number of hydrogen-bond donors (Lipinski definition) is 1. The Bertz CT molecular complexity index is 1220. The van der Waals surface area contributed by atoms with Crippen LogP contribution >= 0.6 is 0 Å². The number of rotatable bonds is 4. The molecule has 1 spiro atoms. The monoisotopic (exact) mass is 447 g/mol. The third kappa shape index (κ3) is 4.08. The van der Waals surface area contributed by atoms with Gasteiger partial charge in [-0.3, -0.25) is 9.67 Å². The number of nitriles is 1. The van der Waals surface area contributed by atoms with Gasteiger partial charge in [0.05, 0.1) is 48.6 Å². The molecular formula is C23H22FN7O2. The summed E-state index contributed by atoms with van der Waals surface area (Å²) in [6, 6.07) is 5.04. The summed E-state index contributed by atoms with van der Waals surface area (Å²) in [4.78, 5) is 12.9. The van der Waals surface area contributed by atoms with E-state index in [-0.39, 0.29) is 11.6 Å². The van der Waals surface area contributed by atoms with Crippen molar-refractivity contribution in [2.24, 2.45) is 5.73 Å². The summed E-state index contributed by atoms with van der Waals surface area (Å²) in [5.41, 5.74) is 8.35. The molecule has 1 aliphatic carbocycles. The number of ether oxygens (including phenoxy) is 2. The highest BCUT2D eigenvalue weighted by molar-refractivity contribution is 5.83. The van der Waals surface area contributed by atoms with Crippen molar-refractivity contribution in [1.82, 2.24) is 24.7 Å². The minimum atomic E-state index is -0.608. The molecule has 10 heteroatoms. The Morgan fingerprint density at radius 1 is 1.15 bits per heavy atom. The van der Waals surface area contributed by atoms with Gasteiger partial charge >= 0.3 is 0 Å². The quantitative estimate of drug-likeness (QED) is 0.477. The van der Waals surface area contributed by atoms with Crippen LogP contribution in [0.5, 0.6) is 0 Å². The highest BCUT2D eigenvalue weighted by Crippen LogP contribution is 2.40. The second kappa shape index (κ2) is 8.69. The van der Waals surface area contributed by atoms with Crippen LogP contribution in [0.3, 0.4) is 0 Å². The molecule has 33 heavy (non-hydrogen) atoms. The molecule has 2 fully saturated rings. The summed E-state index contributed by atoms with van der Waals surface area (Å²) in [7, 11) is 0. The first-order chi connectivity index (χ1) is 16.1. The Morgan fingerprint density at radius 2 is 1.94 bits per heavy atom. The second-order valence-electron chi connectivity index (χ2n) is 8.06. The van der Waals surface area contributed by atoms with Crippen molar-refractivity contribution in [2.75, 3.05) is 13.2 Å². The van der Waals surface area contributed by atoms with Crippen LogP contribution in [0.4, 0.5) is 4.39 Å². The van der Waals surface area contributed by atoms with E-state index in [1.54, 1.807) is 18.5 Å². The number of aromatic nitrogens is 5. The minimum Gasteiger partial charge on any atom is -0.403 e. The lowest BCUT2D eigenvalue weighted by Crippen LogP contribution is -2.35. The minimum absolute atomic E-state index is 0.163. The molecule has 2 N–H and O–H groups in total. The van der Waals surface area contributed by atoms with Crippen LogP contribution in [-0.4, -0.2) is 43.7 Å². The fourth-order valence-electron chi connectivity index (χ4n) is 4.37. The van der Waals surface area contributed by atoms with Crippen LogP contribution in [0.15, 0.2) is 43.1 Å². The third-order valence-corrected chi connectivity index (χ3v) is 6.12. The number of allylic oxidation sites excluding steroid dienone is 1. The van der Waals surface area contributed by atoms with E-state index >= 15 is 0 Å². The van der Waals surface area contributed by atoms with Crippen molar-refractivity contribution < 1.29 is 13.9 Å². The predicted molar refractivity (Wildman–Crippen MR) is 116 cm³/mol. The van der Waals surface area contributed by atoms with Crippen molar-refractivity contribution in [3.8, 4) is 28.6 Å². The fraction of sp³-hybridized carbons (Fsp3) is 0.348. The number of halogens is 1. The molecule has 1 aliphatic heterocycles. The zero-order valence-electron chi connectivity index (χ0n) is 17.8. The summed E-state index contributed by atoms with van der Waals surface area (Å²) >= 11 is 0. The van der Waals surface area contributed by atoms with Crippen LogP contribution in [0, 0.1) is 17.3 Å². The Hall–Kier alpha value is -3.68. The van der Waals surface area contributed by atoms with Gasteiger partial charge in [0.15, 0.2) is 5.79 Å². The van der Waals surface area contributed by atoms with Crippen molar-refractivity contribution >= 4 is 5.57 Å². The van der Waals surface area contributed by atoms with Crippen LogP contribution < -0.4 is 5.73 Å². The molecule has 0 aromatic carbocycles. The Kier molecular flexibility index (Phi) is 5.58. The highest BCUT2D eigenvalue weighted by Gasteiger charge is 2.40. The third-order valence-electron chi connectivity index (χ3n) is 6.12. The van der Waals surface area contributed by atoms with Gasteiger partial charge in [0.25, 0.3) is 0 Å². The second-order valence-corrected chi connectivity index (χ2v) is 8.06. The summed E-state index contributed by atoms with van der Waals surface area (Å²) in [6.45, 7) is 1.31. The average Bonchev–Trinajstić information content (AvgIpc) is 3.52. The first-order valence-electron chi connectivity index (χ1n) is 10.7. The van der Waals surface area contributed by atoms with E-state index in [0.29, 0.717) is 35.9 Å². The fourth-order valence-corrected chi connectivity index (χ4v) is 4.37. The standard InChI is InChI=1S/C23H22FN7O2/c24-20-2-1-15(11-27-20)22-21(16(9-25)10-26)28-13-19(30-22)17-12-29-31(14-17)18-3-5-23(6-4-18)32-7-8-33-23/h1-2,9,11-14,18H,3-8,25H2/b16-9-. The smallest absolute Gasteiger partial charge is 0.212 e. The van der Waals surface area contributed by atoms with E-state index in [0.717, 1.165) is 31.2 Å². The molecule has 0 bridgehead atoms. The van der Waals surface area contributed by atoms with E-state index < -0.39 is 11.7 Å². The number of nitrogens with two attached hydrogens (primary N) is 1. The topological polar surface area (TPSA) is 125 Å². The molecule has 2 aliphatic rings. The van der Waals surface area contributed by atoms with Gasteiger partial charge in [-0.05, 0) is 25.0 Å². The number of hydrogen-bond acceptors (Lipinski definition) is 8. The summed E-state index contributed by atoms with van der Waals surface area (Å²) in [5.74, 6) is -1.02. The molecule has 5 rings (SSSR count). The Morgan fingerprint density at radius 3 is 2.61 bits per heavy atom. The molecule has 0 unspecified atom stereocenters. The molecule has 1 saturated carbocycles. The van der Waals surface area contributed by atoms with Crippen molar-refractivity contribution in [3.63, 3.8) is 0 Å². The highest BCUT2D eigenvalue weighted by atomic mass is 19.1. The molecule has 168 valence electrons. The molecular weight excluding hydrogens is 425 g/mol. The Labute approximate surface area is 189 Å². The van der Waals surface area contributed by atoms with E-state index in [1.807, 2.05) is 16.9 Å². The van der Waals surface area contributed by atoms with Crippen LogP contribution in [-0.2, 0) is 9.47 Å². The van der Waals surface area contributed by atoms with Gasteiger partial charge in [-0.2, -0.15) is 14.8 Å². The normalized spacial score (nSPS) is 18.5. The zero-order chi connectivity index (χ0) is 22.8. The summed E-state index contributed by atoms with van der Waals surface area (Å²) < 4.78 is 26.9. The van der Waals surface area contributed by atoms with Gasteiger partial charge in [0.1, 0.15) is 11.8 Å². The maximum absolute atomic E-state index is 13.4. The molecule has 0 amide bonds. The molecule has 3 aromatic heterocycles. The van der Waals surface area contributed by atoms with Gasteiger partial charge < -0.3 is 15.2 Å². The lowest BCUT2D eigenvalue weighted by Gasteiger charge is -2.35. The molecule has 4 heterocycles.